The molecule has 1 aliphatic heterocycles. The van der Waals surface area contributed by atoms with E-state index < -0.39 is 24.3 Å². The topological polar surface area (TPSA) is 119 Å². The Hall–Kier alpha value is -4.01. The summed E-state index contributed by atoms with van der Waals surface area (Å²) in [5, 5.41) is 22.5. The van der Waals surface area contributed by atoms with Gasteiger partial charge >= 0.3 is 24.3 Å². The van der Waals surface area contributed by atoms with Crippen LogP contribution < -0.4 is 9.64 Å². The highest BCUT2D eigenvalue weighted by molar-refractivity contribution is 5.82. The largest absolute Gasteiger partial charge is 0.497 e. The summed E-state index contributed by atoms with van der Waals surface area (Å²) in [6.45, 7) is 5.27. The average Bonchev–Trinajstić information content (AvgIpc) is 3.33. The number of anilines is 1. The van der Waals surface area contributed by atoms with Crippen LogP contribution in [0.1, 0.15) is 5.56 Å². The average molecular weight is 550 g/mol. The summed E-state index contributed by atoms with van der Waals surface area (Å²) in [6, 6.07) is 14.9. The first-order valence-corrected chi connectivity index (χ1v) is 10.8. The summed E-state index contributed by atoms with van der Waals surface area (Å²) >= 11 is 0. The number of aliphatic carboxylic acids is 2. The standard InChI is InChI=1S/C19H22N4O.2C2HF3O2/c1-24-18-5-2-15(3-6-18)14-22-8-10-23(11-9-22)17-4-7-19-16(12-17)13-20-21-19;2*3-2(4,5)1(6)7/h2-7,12-13H,8-11,14H2,1H3,(H,20,21);2*(H,6,7). The van der Waals surface area contributed by atoms with E-state index in [1.54, 1.807) is 7.11 Å². The molecule has 208 valence electrons. The summed E-state index contributed by atoms with van der Waals surface area (Å²) in [5.74, 6) is -4.60. The van der Waals surface area contributed by atoms with Gasteiger partial charge in [0.2, 0.25) is 0 Å². The van der Waals surface area contributed by atoms with Gasteiger partial charge in [-0.1, -0.05) is 12.1 Å². The Morgan fingerprint density at radius 2 is 1.45 bits per heavy atom. The summed E-state index contributed by atoms with van der Waals surface area (Å²) in [4.78, 5) is 22.8. The van der Waals surface area contributed by atoms with E-state index in [4.69, 9.17) is 24.5 Å². The number of benzene rings is 2. The number of H-pyrrole nitrogens is 1. The van der Waals surface area contributed by atoms with Gasteiger partial charge < -0.3 is 19.8 Å². The molecule has 0 radical (unpaired) electrons. The van der Waals surface area contributed by atoms with Gasteiger partial charge in [0.15, 0.2) is 0 Å². The highest BCUT2D eigenvalue weighted by Crippen LogP contribution is 2.22. The van der Waals surface area contributed by atoms with Crippen molar-refractivity contribution < 1.29 is 50.9 Å². The molecule has 4 rings (SSSR count). The Labute approximate surface area is 212 Å². The lowest BCUT2D eigenvalue weighted by atomic mass is 10.1. The van der Waals surface area contributed by atoms with E-state index >= 15 is 0 Å². The van der Waals surface area contributed by atoms with Crippen LogP contribution in [-0.2, 0) is 16.1 Å². The number of carboxylic acid groups (broad SMARTS) is 2. The first-order chi connectivity index (χ1) is 17.7. The van der Waals surface area contributed by atoms with Crippen LogP contribution in [0.4, 0.5) is 32.0 Å². The molecule has 1 saturated heterocycles. The lowest BCUT2D eigenvalue weighted by molar-refractivity contribution is -0.193. The molecule has 0 saturated carbocycles. The molecule has 2 heterocycles. The number of carboxylic acids is 2. The van der Waals surface area contributed by atoms with Crippen molar-refractivity contribution in [2.24, 2.45) is 0 Å². The molecular weight excluding hydrogens is 526 g/mol. The van der Waals surface area contributed by atoms with Gasteiger partial charge in [-0.05, 0) is 35.9 Å². The monoisotopic (exact) mass is 550 g/mol. The molecule has 9 nitrogen and oxygen atoms in total. The first kappa shape index (κ1) is 30.2. The maximum absolute atomic E-state index is 10.6. The quantitative estimate of drug-likeness (QED) is 0.415. The van der Waals surface area contributed by atoms with E-state index in [0.717, 1.165) is 44.0 Å². The molecule has 2 aromatic carbocycles. The Balaban J connectivity index is 0.000000301. The van der Waals surface area contributed by atoms with Crippen molar-refractivity contribution in [3.63, 3.8) is 0 Å². The second-order valence-corrected chi connectivity index (χ2v) is 7.86. The lowest BCUT2D eigenvalue weighted by Crippen LogP contribution is -2.45. The predicted octanol–water partition coefficient (Wildman–Crippen LogP) is 4.16. The molecule has 1 fully saturated rings. The van der Waals surface area contributed by atoms with Crippen LogP contribution in [0.15, 0.2) is 48.7 Å². The van der Waals surface area contributed by atoms with Gasteiger partial charge in [-0.2, -0.15) is 31.4 Å². The van der Waals surface area contributed by atoms with E-state index in [0.29, 0.717) is 0 Å². The molecule has 0 atom stereocenters. The summed E-state index contributed by atoms with van der Waals surface area (Å²) in [6.07, 6.45) is -8.28. The number of alkyl halides is 6. The minimum absolute atomic E-state index is 0.915. The molecule has 1 aliphatic rings. The van der Waals surface area contributed by atoms with Gasteiger partial charge in [0, 0.05) is 43.8 Å². The van der Waals surface area contributed by atoms with E-state index in [1.165, 1.54) is 16.6 Å². The fraction of sp³-hybridized carbons (Fsp3) is 0.348. The minimum atomic E-state index is -5.08. The number of aromatic nitrogens is 2. The van der Waals surface area contributed by atoms with Crippen LogP contribution in [0.3, 0.4) is 0 Å². The molecule has 3 N–H and O–H groups in total. The highest BCUT2D eigenvalue weighted by Gasteiger charge is 2.38. The highest BCUT2D eigenvalue weighted by atomic mass is 19.4. The number of piperazine rings is 1. The third-order valence-corrected chi connectivity index (χ3v) is 5.21. The number of hydrogen-bond acceptors (Lipinski definition) is 6. The Morgan fingerprint density at radius 3 is 1.92 bits per heavy atom. The second kappa shape index (κ2) is 13.0. The van der Waals surface area contributed by atoms with Gasteiger partial charge in [-0.15, -0.1) is 0 Å². The zero-order chi connectivity index (χ0) is 28.5. The number of hydrogen-bond donors (Lipinski definition) is 3. The number of carbonyl (C=O) groups is 2. The van der Waals surface area contributed by atoms with Crippen molar-refractivity contribution in [2.45, 2.75) is 18.9 Å². The second-order valence-electron chi connectivity index (χ2n) is 7.86. The maximum Gasteiger partial charge on any atom is 0.490 e. The van der Waals surface area contributed by atoms with Crippen molar-refractivity contribution in [2.75, 3.05) is 38.2 Å². The van der Waals surface area contributed by atoms with Crippen molar-refractivity contribution in [3.05, 3.63) is 54.2 Å². The van der Waals surface area contributed by atoms with E-state index in [9.17, 15) is 26.3 Å². The van der Waals surface area contributed by atoms with Crippen molar-refractivity contribution in [1.82, 2.24) is 15.1 Å². The van der Waals surface area contributed by atoms with Gasteiger partial charge in [0.05, 0.1) is 18.8 Å². The molecule has 0 spiro atoms. The molecule has 0 unspecified atom stereocenters. The van der Waals surface area contributed by atoms with Crippen molar-refractivity contribution in [3.8, 4) is 5.75 Å². The number of aromatic amines is 1. The molecule has 3 aromatic rings. The maximum atomic E-state index is 10.6. The summed E-state index contributed by atoms with van der Waals surface area (Å²) in [7, 11) is 1.70. The normalized spacial score (nSPS) is 14.1. The molecular formula is C23H24F6N4O5. The van der Waals surface area contributed by atoms with Gasteiger partial charge in [0.1, 0.15) is 5.75 Å². The number of methoxy groups -OCH3 is 1. The van der Waals surface area contributed by atoms with Gasteiger partial charge in [-0.3, -0.25) is 10.00 Å². The first-order valence-electron chi connectivity index (χ1n) is 10.8. The molecule has 0 amide bonds. The smallest absolute Gasteiger partial charge is 0.490 e. The van der Waals surface area contributed by atoms with Crippen LogP contribution in [0, 0.1) is 0 Å². The zero-order valence-electron chi connectivity index (χ0n) is 19.9. The van der Waals surface area contributed by atoms with E-state index in [1.807, 2.05) is 18.3 Å². The summed E-state index contributed by atoms with van der Waals surface area (Å²) in [5.41, 5.74) is 3.72. The lowest BCUT2D eigenvalue weighted by Gasteiger charge is -2.36. The third kappa shape index (κ3) is 9.46. The molecule has 38 heavy (non-hydrogen) atoms. The predicted molar refractivity (Wildman–Crippen MR) is 124 cm³/mol. The molecule has 0 bridgehead atoms. The van der Waals surface area contributed by atoms with Crippen molar-refractivity contribution >= 4 is 28.5 Å². The number of ether oxygens (including phenoxy) is 1. The summed E-state index contributed by atoms with van der Waals surface area (Å²) < 4.78 is 68.7. The Morgan fingerprint density at radius 1 is 0.921 bits per heavy atom. The fourth-order valence-corrected chi connectivity index (χ4v) is 3.28. The molecule has 1 aromatic heterocycles. The van der Waals surface area contributed by atoms with Crippen LogP contribution in [-0.4, -0.2) is 82.9 Å². The van der Waals surface area contributed by atoms with E-state index in [2.05, 4.69) is 50.3 Å². The van der Waals surface area contributed by atoms with Crippen LogP contribution in [0.2, 0.25) is 0 Å². The zero-order valence-corrected chi connectivity index (χ0v) is 19.9. The number of fused-ring (bicyclic) bond motifs is 1. The SMILES string of the molecule is COc1ccc(CN2CCN(c3ccc4[nH]ncc4c3)CC2)cc1.O=C(O)C(F)(F)F.O=C(O)C(F)(F)F. The minimum Gasteiger partial charge on any atom is -0.497 e. The number of halogens is 6. The third-order valence-electron chi connectivity index (χ3n) is 5.21. The fourth-order valence-electron chi connectivity index (χ4n) is 3.28. The number of nitrogens with one attached hydrogen (secondary N) is 1. The number of rotatable bonds is 4. The van der Waals surface area contributed by atoms with Crippen LogP contribution >= 0.6 is 0 Å². The van der Waals surface area contributed by atoms with Crippen LogP contribution in [0.25, 0.3) is 10.9 Å². The molecule has 15 heteroatoms. The Bertz CT molecular complexity index is 1170. The van der Waals surface area contributed by atoms with Crippen molar-refractivity contribution in [1.29, 1.82) is 0 Å². The number of nitrogens with zero attached hydrogens (tertiary/aromatic N) is 3. The van der Waals surface area contributed by atoms with Gasteiger partial charge in [-0.25, -0.2) is 9.59 Å². The van der Waals surface area contributed by atoms with E-state index in [-0.39, 0.29) is 0 Å². The Kier molecular flexibility index (Phi) is 10.3. The van der Waals surface area contributed by atoms with Gasteiger partial charge in [0.25, 0.3) is 0 Å². The van der Waals surface area contributed by atoms with Crippen LogP contribution in [0.5, 0.6) is 5.75 Å². The molecule has 0 aliphatic carbocycles.